The normalized spacial score (nSPS) is 16.3. The van der Waals surface area contributed by atoms with E-state index in [9.17, 15) is 9.59 Å². The van der Waals surface area contributed by atoms with E-state index in [-0.39, 0.29) is 43.5 Å². The van der Waals surface area contributed by atoms with E-state index < -0.39 is 0 Å². The zero-order chi connectivity index (χ0) is 16.2. The predicted molar refractivity (Wildman–Crippen MR) is 106 cm³/mol. The monoisotopic (exact) mass is 390 g/mol. The van der Waals surface area contributed by atoms with Crippen LogP contribution in [0.5, 0.6) is 0 Å². The van der Waals surface area contributed by atoms with Crippen LogP contribution in [0.3, 0.4) is 0 Å². The van der Waals surface area contributed by atoms with Gasteiger partial charge in [0.1, 0.15) is 0 Å². The van der Waals surface area contributed by atoms with Crippen molar-refractivity contribution in [3.63, 3.8) is 0 Å². The first-order valence-corrected chi connectivity index (χ1v) is 8.96. The summed E-state index contributed by atoms with van der Waals surface area (Å²) in [6, 6.07) is 0. The average molecular weight is 390 g/mol. The van der Waals surface area contributed by atoms with Gasteiger partial charge in [0.05, 0.1) is 0 Å². The molecule has 0 radical (unpaired) electrons. The summed E-state index contributed by atoms with van der Waals surface area (Å²) >= 11 is 0. The standard InChI is InChI=1S/2C10H16O.2CH3.Fe/c2*1-2-10(11)8-7-9-5-3-4-6-9;;;/h2*2,9H,1,3-8H2;2*1H3;/q;;2*-1;+2. The van der Waals surface area contributed by atoms with E-state index in [1.165, 1.54) is 63.5 Å². The Hall–Kier alpha value is -0.661. The van der Waals surface area contributed by atoms with Gasteiger partial charge in [0.15, 0.2) is 11.6 Å². The number of carbonyl (C=O) groups excluding carboxylic acids is 2. The Morgan fingerprint density at radius 2 is 1.00 bits per heavy atom. The largest absolute Gasteiger partial charge is 2.00 e. The van der Waals surface area contributed by atoms with Gasteiger partial charge in [-0.15, -0.1) is 0 Å². The van der Waals surface area contributed by atoms with Crippen LogP contribution in [0.25, 0.3) is 0 Å². The van der Waals surface area contributed by atoms with Crippen molar-refractivity contribution in [2.75, 3.05) is 0 Å². The summed E-state index contributed by atoms with van der Waals surface area (Å²) in [5.74, 6) is 2.08. The van der Waals surface area contributed by atoms with Crippen molar-refractivity contribution in [3.8, 4) is 0 Å². The molecule has 0 bridgehead atoms. The molecule has 0 spiro atoms. The summed E-state index contributed by atoms with van der Waals surface area (Å²) in [6.45, 7) is 6.91. The average Bonchev–Trinajstić information content (AvgIpc) is 3.24. The van der Waals surface area contributed by atoms with Crippen LogP contribution in [0.4, 0.5) is 0 Å². The van der Waals surface area contributed by atoms with E-state index in [4.69, 9.17) is 0 Å². The molecule has 0 aromatic heterocycles. The summed E-state index contributed by atoms with van der Waals surface area (Å²) in [5.41, 5.74) is 0. The van der Waals surface area contributed by atoms with Gasteiger partial charge in [0.25, 0.3) is 0 Å². The second-order valence-corrected chi connectivity index (χ2v) is 6.72. The topological polar surface area (TPSA) is 34.1 Å². The second kappa shape index (κ2) is 18.1. The Morgan fingerprint density at radius 1 is 0.720 bits per heavy atom. The number of allylic oxidation sites excluding steroid dienone is 2. The smallest absolute Gasteiger partial charge is 0.358 e. The van der Waals surface area contributed by atoms with Gasteiger partial charge in [-0.05, 0) is 36.8 Å². The number of hydrogen-bond donors (Lipinski definition) is 0. The molecule has 0 saturated heterocycles. The first-order valence-electron chi connectivity index (χ1n) is 8.96. The molecule has 0 atom stereocenters. The second-order valence-electron chi connectivity index (χ2n) is 6.72. The van der Waals surface area contributed by atoms with Crippen molar-refractivity contribution in [1.82, 2.24) is 0 Å². The maximum atomic E-state index is 10.9. The molecule has 0 aliphatic heterocycles. The van der Waals surface area contributed by atoms with E-state index in [0.717, 1.165) is 24.7 Å². The molecule has 0 aromatic carbocycles. The minimum atomic E-state index is 0. The van der Waals surface area contributed by atoms with Crippen LogP contribution in [-0.4, -0.2) is 11.6 Å². The third-order valence-electron chi connectivity index (χ3n) is 5.00. The molecule has 0 amide bonds. The van der Waals surface area contributed by atoms with E-state index >= 15 is 0 Å². The molecule has 0 unspecified atom stereocenters. The Morgan fingerprint density at radius 3 is 1.24 bits per heavy atom. The SMILES string of the molecule is C=CC(=O)CCC1CCCC1.C=CC(=O)CCC1CCCC1.[CH3-].[CH3-].[Fe+2]. The molecular weight excluding hydrogens is 352 g/mol. The van der Waals surface area contributed by atoms with Gasteiger partial charge in [-0.3, -0.25) is 9.59 Å². The molecule has 0 N–H and O–H groups in total. The Labute approximate surface area is 167 Å². The fraction of sp³-hybridized carbons (Fsp3) is 0.636. The van der Waals surface area contributed by atoms with Crippen LogP contribution in [0.2, 0.25) is 0 Å². The Bertz CT molecular complexity index is 328. The van der Waals surface area contributed by atoms with Gasteiger partial charge >= 0.3 is 17.1 Å². The van der Waals surface area contributed by atoms with Crippen LogP contribution in [0.1, 0.15) is 77.0 Å². The zero-order valence-corrected chi connectivity index (χ0v) is 17.5. The Balaban J connectivity index is -0.000000346. The van der Waals surface area contributed by atoms with Crippen LogP contribution < -0.4 is 0 Å². The van der Waals surface area contributed by atoms with Crippen molar-refractivity contribution in [2.24, 2.45) is 11.8 Å². The third kappa shape index (κ3) is 14.2. The molecule has 0 heterocycles. The molecule has 146 valence electrons. The summed E-state index contributed by atoms with van der Waals surface area (Å²) in [6.07, 6.45) is 17.3. The fourth-order valence-corrected chi connectivity index (χ4v) is 3.49. The van der Waals surface area contributed by atoms with Crippen LogP contribution in [0.15, 0.2) is 25.3 Å². The predicted octanol–water partition coefficient (Wildman–Crippen LogP) is 6.32. The van der Waals surface area contributed by atoms with Crippen molar-refractivity contribution in [3.05, 3.63) is 40.2 Å². The van der Waals surface area contributed by atoms with Gasteiger partial charge in [-0.1, -0.05) is 64.5 Å². The molecule has 2 nitrogen and oxygen atoms in total. The maximum Gasteiger partial charge on any atom is 2.00 e. The minimum absolute atomic E-state index is 0. The van der Waals surface area contributed by atoms with Gasteiger partial charge in [0.2, 0.25) is 0 Å². The molecule has 2 aliphatic carbocycles. The summed E-state index contributed by atoms with van der Waals surface area (Å²) in [7, 11) is 0. The molecule has 0 aromatic rings. The van der Waals surface area contributed by atoms with Gasteiger partial charge < -0.3 is 14.9 Å². The summed E-state index contributed by atoms with van der Waals surface area (Å²) < 4.78 is 0. The number of rotatable bonds is 8. The summed E-state index contributed by atoms with van der Waals surface area (Å²) in [4.78, 5) is 21.7. The van der Waals surface area contributed by atoms with E-state index in [1.807, 2.05) is 0 Å². The van der Waals surface area contributed by atoms with E-state index in [2.05, 4.69) is 13.2 Å². The van der Waals surface area contributed by atoms with Crippen LogP contribution >= 0.6 is 0 Å². The first-order chi connectivity index (χ1) is 10.7. The van der Waals surface area contributed by atoms with Crippen LogP contribution in [0, 0.1) is 26.7 Å². The quantitative estimate of drug-likeness (QED) is 0.276. The summed E-state index contributed by atoms with van der Waals surface area (Å²) in [5, 5.41) is 0. The molecule has 25 heavy (non-hydrogen) atoms. The molecule has 2 aliphatic rings. The van der Waals surface area contributed by atoms with Crippen molar-refractivity contribution >= 4 is 11.6 Å². The van der Waals surface area contributed by atoms with Gasteiger partial charge in [-0.2, -0.15) is 0 Å². The number of ketones is 2. The van der Waals surface area contributed by atoms with Crippen molar-refractivity contribution < 1.29 is 26.7 Å². The maximum absolute atomic E-state index is 10.9. The minimum Gasteiger partial charge on any atom is -0.358 e. The molecule has 2 saturated carbocycles. The van der Waals surface area contributed by atoms with E-state index in [0.29, 0.717) is 12.8 Å². The van der Waals surface area contributed by atoms with Crippen molar-refractivity contribution in [1.29, 1.82) is 0 Å². The Kier molecular flexibility index (Phi) is 21.1. The molecule has 3 heteroatoms. The fourth-order valence-electron chi connectivity index (χ4n) is 3.49. The van der Waals surface area contributed by atoms with Gasteiger partial charge in [0, 0.05) is 12.8 Å². The number of hydrogen-bond acceptors (Lipinski definition) is 2. The third-order valence-corrected chi connectivity index (χ3v) is 5.00. The molecule has 2 fully saturated rings. The van der Waals surface area contributed by atoms with Gasteiger partial charge in [-0.25, -0.2) is 0 Å². The van der Waals surface area contributed by atoms with Crippen molar-refractivity contribution in [2.45, 2.75) is 77.0 Å². The molecule has 2 rings (SSSR count). The number of carbonyl (C=O) groups is 2. The molecular formula is C22H38FeO2. The zero-order valence-electron chi connectivity index (χ0n) is 16.4. The first kappa shape index (κ1) is 29.1. The van der Waals surface area contributed by atoms with E-state index in [1.54, 1.807) is 0 Å². The van der Waals surface area contributed by atoms with Crippen LogP contribution in [-0.2, 0) is 26.7 Å².